The molecule has 0 unspecified atom stereocenters. The van der Waals surface area contributed by atoms with Crippen molar-refractivity contribution in [2.45, 2.75) is 214 Å². The molecule has 0 atom stereocenters. The van der Waals surface area contributed by atoms with E-state index >= 15 is 0 Å². The highest BCUT2D eigenvalue weighted by atomic mass is 16.5. The van der Waals surface area contributed by atoms with Gasteiger partial charge in [-0.3, -0.25) is 0 Å². The summed E-state index contributed by atoms with van der Waals surface area (Å²) in [5, 5.41) is 0. The van der Waals surface area contributed by atoms with Crippen LogP contribution in [0.25, 0.3) is 0 Å². The Balaban J connectivity index is 0.000000362. The van der Waals surface area contributed by atoms with Gasteiger partial charge in [0.05, 0.1) is 25.7 Å². The summed E-state index contributed by atoms with van der Waals surface area (Å²) in [4.78, 5) is 0. The third kappa shape index (κ3) is 25.6. The van der Waals surface area contributed by atoms with Crippen LogP contribution in [0.3, 0.4) is 0 Å². The van der Waals surface area contributed by atoms with Crippen LogP contribution in [-0.4, -0.2) is 13.2 Å². The third-order valence-electron chi connectivity index (χ3n) is 9.33. The largest absolute Gasteiger partial charge is 0.501 e. The Kier molecular flexibility index (Phi) is 26.8. The maximum atomic E-state index is 5.90. The zero-order chi connectivity index (χ0) is 30.4. The minimum atomic E-state index is 0.176. The van der Waals surface area contributed by atoms with E-state index in [-0.39, 0.29) is 5.41 Å². The summed E-state index contributed by atoms with van der Waals surface area (Å²) in [6, 6.07) is 0. The Morgan fingerprint density at radius 1 is 0.357 bits per heavy atom. The minimum Gasteiger partial charge on any atom is -0.501 e. The van der Waals surface area contributed by atoms with Gasteiger partial charge in [0.15, 0.2) is 0 Å². The number of allylic oxidation sites excluding steroid dienone is 2. The summed E-state index contributed by atoms with van der Waals surface area (Å²) in [7, 11) is 0. The first-order chi connectivity index (χ1) is 20.5. The molecule has 3 rings (SSSR count). The molecule has 42 heavy (non-hydrogen) atoms. The summed E-state index contributed by atoms with van der Waals surface area (Å²) < 4.78 is 11.8. The Hall–Kier alpha value is -0.920. The van der Waals surface area contributed by atoms with Crippen molar-refractivity contribution < 1.29 is 9.47 Å². The smallest absolute Gasteiger partial charge is 0.0962 e. The molecule has 0 N–H and O–H groups in total. The first-order valence-electron chi connectivity index (χ1n) is 19.0. The molecule has 2 heteroatoms. The number of rotatable bonds is 6. The highest BCUT2D eigenvalue weighted by Gasteiger charge is 2.31. The van der Waals surface area contributed by atoms with Gasteiger partial charge >= 0.3 is 0 Å². The fraction of sp³-hybridized carbons (Fsp3) is 0.900. The van der Waals surface area contributed by atoms with Crippen molar-refractivity contribution >= 4 is 0 Å². The van der Waals surface area contributed by atoms with Gasteiger partial charge in [-0.15, -0.1) is 0 Å². The minimum absolute atomic E-state index is 0.176. The van der Waals surface area contributed by atoms with Crippen molar-refractivity contribution in [3.05, 3.63) is 23.7 Å². The summed E-state index contributed by atoms with van der Waals surface area (Å²) in [6.07, 6.45) is 45.8. The van der Waals surface area contributed by atoms with Crippen LogP contribution in [0.1, 0.15) is 214 Å². The van der Waals surface area contributed by atoms with E-state index in [1.807, 2.05) is 12.5 Å². The SMILES string of the molecule is C1CCCCCCCCC1.C1CCCCCCCCC1.CC(C)=COCC1(COC=C(C)C)CCCCCCCCC1. The molecule has 2 nitrogen and oxygen atoms in total. The lowest BCUT2D eigenvalue weighted by molar-refractivity contribution is 0.0192. The molecule has 3 aliphatic rings. The van der Waals surface area contributed by atoms with Gasteiger partial charge in [-0.05, 0) is 51.7 Å². The third-order valence-corrected chi connectivity index (χ3v) is 9.33. The van der Waals surface area contributed by atoms with Gasteiger partial charge in [0, 0.05) is 5.41 Å². The molecule has 0 amide bonds. The molecule has 0 radical (unpaired) electrons. The molecule has 248 valence electrons. The van der Waals surface area contributed by atoms with Gasteiger partial charge in [-0.25, -0.2) is 0 Å². The van der Waals surface area contributed by atoms with Crippen LogP contribution < -0.4 is 0 Å². The predicted octanol–water partition coefficient (Wildman–Crippen LogP) is 14.2. The van der Waals surface area contributed by atoms with E-state index in [1.54, 1.807) is 0 Å². The van der Waals surface area contributed by atoms with Gasteiger partial charge in [-0.1, -0.05) is 173 Å². The number of hydrogen-bond donors (Lipinski definition) is 0. The van der Waals surface area contributed by atoms with Crippen molar-refractivity contribution in [1.29, 1.82) is 0 Å². The molecule has 0 aromatic rings. The Morgan fingerprint density at radius 2 is 0.548 bits per heavy atom. The molecule has 0 aliphatic heterocycles. The van der Waals surface area contributed by atoms with Crippen LogP contribution in [0.15, 0.2) is 23.7 Å². The molecule has 0 saturated heterocycles. The van der Waals surface area contributed by atoms with Crippen molar-refractivity contribution in [3.63, 3.8) is 0 Å². The van der Waals surface area contributed by atoms with E-state index < -0.39 is 0 Å². The normalized spacial score (nSPS) is 21.3. The average Bonchev–Trinajstić information content (AvgIpc) is 2.99. The summed E-state index contributed by atoms with van der Waals surface area (Å²) in [5.74, 6) is 0. The molecule has 3 saturated carbocycles. The van der Waals surface area contributed by atoms with Crippen LogP contribution in [0.2, 0.25) is 0 Å². The standard InChI is InChI=1S/C20H36O2.2C10H20/c1-18(2)14-21-16-20(17-22-15-19(3)4)12-10-8-6-5-7-9-11-13-20;2*1-2-4-6-8-10-9-7-5-3-1/h14-15H,5-13,16-17H2,1-4H3;2*1-10H2. The molecule has 0 bridgehead atoms. The van der Waals surface area contributed by atoms with Crippen molar-refractivity contribution in [1.82, 2.24) is 0 Å². The molecule has 0 aromatic carbocycles. The van der Waals surface area contributed by atoms with E-state index in [9.17, 15) is 0 Å². The monoisotopic (exact) mass is 589 g/mol. The fourth-order valence-electron chi connectivity index (χ4n) is 6.64. The van der Waals surface area contributed by atoms with Gasteiger partial charge in [0.1, 0.15) is 0 Å². The van der Waals surface area contributed by atoms with Crippen molar-refractivity contribution in [3.8, 4) is 0 Å². The molecule has 0 aromatic heterocycles. The number of hydrogen-bond acceptors (Lipinski definition) is 2. The van der Waals surface area contributed by atoms with Gasteiger partial charge < -0.3 is 9.47 Å². The first kappa shape index (κ1) is 39.1. The lowest BCUT2D eigenvalue weighted by Crippen LogP contribution is -2.32. The highest BCUT2D eigenvalue weighted by molar-refractivity contribution is 4.90. The predicted molar refractivity (Wildman–Crippen MR) is 187 cm³/mol. The Morgan fingerprint density at radius 3 is 0.738 bits per heavy atom. The maximum Gasteiger partial charge on any atom is 0.0962 e. The number of ether oxygens (including phenoxy) is 2. The van der Waals surface area contributed by atoms with Gasteiger partial charge in [0.2, 0.25) is 0 Å². The van der Waals surface area contributed by atoms with Crippen LogP contribution in [0.4, 0.5) is 0 Å². The average molecular weight is 589 g/mol. The fourth-order valence-corrected chi connectivity index (χ4v) is 6.64. The van der Waals surface area contributed by atoms with Crippen LogP contribution in [0.5, 0.6) is 0 Å². The lowest BCUT2D eigenvalue weighted by atomic mass is 9.78. The first-order valence-corrected chi connectivity index (χ1v) is 19.0. The second-order valence-corrected chi connectivity index (χ2v) is 14.6. The second kappa shape index (κ2) is 28.8. The maximum absolute atomic E-state index is 5.90. The van der Waals surface area contributed by atoms with Crippen molar-refractivity contribution in [2.24, 2.45) is 5.41 Å². The lowest BCUT2D eigenvalue weighted by Gasteiger charge is -2.33. The second-order valence-electron chi connectivity index (χ2n) is 14.6. The molecule has 3 fully saturated rings. The molecular formula is C40H76O2. The molecular weight excluding hydrogens is 512 g/mol. The van der Waals surface area contributed by atoms with Crippen molar-refractivity contribution in [2.75, 3.05) is 13.2 Å². The summed E-state index contributed by atoms with van der Waals surface area (Å²) in [5.41, 5.74) is 2.62. The van der Waals surface area contributed by atoms with Crippen LogP contribution in [-0.2, 0) is 9.47 Å². The van der Waals surface area contributed by atoms with E-state index in [0.717, 1.165) is 13.2 Å². The topological polar surface area (TPSA) is 18.5 Å². The van der Waals surface area contributed by atoms with E-state index in [0.29, 0.717) is 0 Å². The van der Waals surface area contributed by atoms with E-state index in [2.05, 4.69) is 27.7 Å². The zero-order valence-corrected chi connectivity index (χ0v) is 29.4. The van der Waals surface area contributed by atoms with Gasteiger partial charge in [0.25, 0.3) is 0 Å². The summed E-state index contributed by atoms with van der Waals surface area (Å²) in [6.45, 7) is 9.91. The van der Waals surface area contributed by atoms with Gasteiger partial charge in [-0.2, -0.15) is 0 Å². The highest BCUT2D eigenvalue weighted by Crippen LogP contribution is 2.34. The van der Waals surface area contributed by atoms with E-state index in [1.165, 1.54) is 197 Å². The summed E-state index contributed by atoms with van der Waals surface area (Å²) >= 11 is 0. The quantitative estimate of drug-likeness (QED) is 0.287. The molecule has 0 spiro atoms. The van der Waals surface area contributed by atoms with Crippen LogP contribution >= 0.6 is 0 Å². The Bertz CT molecular complexity index is 505. The van der Waals surface area contributed by atoms with E-state index in [4.69, 9.17) is 9.47 Å². The molecule has 0 heterocycles. The Labute approximate surface area is 265 Å². The molecule has 3 aliphatic carbocycles. The zero-order valence-electron chi connectivity index (χ0n) is 29.4. The van der Waals surface area contributed by atoms with Crippen LogP contribution in [0, 0.1) is 5.41 Å².